The molecule has 154 valence electrons. The summed E-state index contributed by atoms with van der Waals surface area (Å²) in [6.45, 7) is 3.07. The van der Waals surface area contributed by atoms with Crippen molar-refractivity contribution >= 4 is 12.0 Å². The number of nitrogens with one attached hydrogen (secondary N) is 1. The van der Waals surface area contributed by atoms with E-state index in [1.54, 1.807) is 5.57 Å². The molecule has 0 radical (unpaired) electrons. The average molecular weight is 385 g/mol. The van der Waals surface area contributed by atoms with Crippen LogP contribution in [0.15, 0.2) is 35.9 Å². The van der Waals surface area contributed by atoms with E-state index in [1.807, 2.05) is 0 Å². The van der Waals surface area contributed by atoms with Crippen molar-refractivity contribution in [1.29, 1.82) is 0 Å². The molecule has 2 aliphatic rings. The molecule has 0 aromatic heterocycles. The van der Waals surface area contributed by atoms with Crippen LogP contribution in [-0.4, -0.2) is 49.7 Å². The molecule has 0 saturated heterocycles. The first-order valence-electron chi connectivity index (χ1n) is 10.9. The lowest BCUT2D eigenvalue weighted by Crippen LogP contribution is -2.42. The summed E-state index contributed by atoms with van der Waals surface area (Å²) in [5.41, 5.74) is 2.90. The number of hydrogen-bond donors (Lipinski definition) is 1. The second-order valence-electron chi connectivity index (χ2n) is 8.41. The fourth-order valence-corrected chi connectivity index (χ4v) is 4.56. The Kier molecular flexibility index (Phi) is 7.69. The summed E-state index contributed by atoms with van der Waals surface area (Å²) in [6, 6.07) is 12.6. The van der Waals surface area contributed by atoms with Gasteiger partial charge in [-0.1, -0.05) is 48.9 Å². The molecule has 4 heteroatoms. The summed E-state index contributed by atoms with van der Waals surface area (Å²) in [5, 5.41) is 3.93. The number of methoxy groups -OCH3 is 1. The van der Waals surface area contributed by atoms with Gasteiger partial charge < -0.3 is 15.0 Å². The highest BCUT2D eigenvalue weighted by molar-refractivity contribution is 5.69. The van der Waals surface area contributed by atoms with E-state index in [0.717, 1.165) is 13.0 Å². The van der Waals surface area contributed by atoms with E-state index in [1.165, 1.54) is 44.8 Å². The number of esters is 1. The number of carbonyl (C=O) groups excluding carboxylic acids is 1. The van der Waals surface area contributed by atoms with Crippen LogP contribution in [0, 0.1) is 5.92 Å². The fourth-order valence-electron chi connectivity index (χ4n) is 4.56. The first kappa shape index (κ1) is 21.1. The van der Waals surface area contributed by atoms with E-state index in [4.69, 9.17) is 4.74 Å². The van der Waals surface area contributed by atoms with Gasteiger partial charge in [-0.3, -0.25) is 4.79 Å². The lowest BCUT2D eigenvalue weighted by Gasteiger charge is -2.35. The molecule has 28 heavy (non-hydrogen) atoms. The van der Waals surface area contributed by atoms with Crippen LogP contribution in [0.25, 0.3) is 6.08 Å². The van der Waals surface area contributed by atoms with Crippen molar-refractivity contribution in [2.45, 2.75) is 70.0 Å². The van der Waals surface area contributed by atoms with E-state index in [2.05, 4.69) is 60.6 Å². The maximum atomic E-state index is 11.3. The Hall–Kier alpha value is -1.65. The summed E-state index contributed by atoms with van der Waals surface area (Å²) in [5.74, 6) is 0.600. The lowest BCUT2D eigenvalue weighted by molar-refractivity contribution is -0.141. The monoisotopic (exact) mass is 384 g/mol. The molecular weight excluding hydrogens is 348 g/mol. The van der Waals surface area contributed by atoms with E-state index in [-0.39, 0.29) is 5.97 Å². The van der Waals surface area contributed by atoms with Crippen LogP contribution >= 0.6 is 0 Å². The summed E-state index contributed by atoms with van der Waals surface area (Å²) in [7, 11) is 3.60. The van der Waals surface area contributed by atoms with E-state index in [0.29, 0.717) is 30.5 Å². The summed E-state index contributed by atoms with van der Waals surface area (Å²) in [6.07, 6.45) is 10.2. The molecule has 0 heterocycles. The Morgan fingerprint density at radius 1 is 1.21 bits per heavy atom. The molecule has 4 nitrogen and oxygen atoms in total. The molecule has 0 bridgehead atoms. The smallest absolute Gasteiger partial charge is 0.306 e. The molecule has 0 spiro atoms. The molecule has 2 atom stereocenters. The maximum Gasteiger partial charge on any atom is 0.306 e. The van der Waals surface area contributed by atoms with Gasteiger partial charge in [0.2, 0.25) is 0 Å². The molecule has 0 aliphatic heterocycles. The Morgan fingerprint density at radius 2 is 1.93 bits per heavy atom. The molecule has 1 N–H and O–H groups in total. The summed E-state index contributed by atoms with van der Waals surface area (Å²) in [4.78, 5) is 13.7. The van der Waals surface area contributed by atoms with Gasteiger partial charge in [0.15, 0.2) is 0 Å². The zero-order valence-electron chi connectivity index (χ0n) is 17.7. The van der Waals surface area contributed by atoms with E-state index in [9.17, 15) is 4.79 Å². The largest absolute Gasteiger partial charge is 0.469 e. The minimum Gasteiger partial charge on any atom is -0.469 e. The number of benzene rings is 1. The molecular formula is C24H36N2O2. The van der Waals surface area contributed by atoms with Crippen molar-refractivity contribution in [3.63, 3.8) is 0 Å². The molecule has 2 aliphatic carbocycles. The van der Waals surface area contributed by atoms with Gasteiger partial charge in [-0.2, -0.15) is 0 Å². The first-order chi connectivity index (χ1) is 13.6. The van der Waals surface area contributed by atoms with Crippen LogP contribution < -0.4 is 5.32 Å². The molecule has 0 amide bonds. The van der Waals surface area contributed by atoms with Crippen LogP contribution in [0.1, 0.15) is 57.4 Å². The second-order valence-corrected chi connectivity index (χ2v) is 8.41. The van der Waals surface area contributed by atoms with Crippen LogP contribution in [0.4, 0.5) is 0 Å². The van der Waals surface area contributed by atoms with Crippen molar-refractivity contribution < 1.29 is 9.53 Å². The van der Waals surface area contributed by atoms with Crippen LogP contribution in [0.3, 0.4) is 0 Å². The summed E-state index contributed by atoms with van der Waals surface area (Å²) >= 11 is 0. The predicted molar refractivity (Wildman–Crippen MR) is 115 cm³/mol. The van der Waals surface area contributed by atoms with Crippen molar-refractivity contribution in [1.82, 2.24) is 10.2 Å². The quantitative estimate of drug-likeness (QED) is 0.646. The van der Waals surface area contributed by atoms with E-state index >= 15 is 0 Å². The predicted octanol–water partition coefficient (Wildman–Crippen LogP) is 4.26. The average Bonchev–Trinajstić information content (AvgIpc) is 3.50. The Bertz CT molecular complexity index is 650. The van der Waals surface area contributed by atoms with Crippen LogP contribution in [0.5, 0.6) is 0 Å². The maximum absolute atomic E-state index is 11.3. The van der Waals surface area contributed by atoms with Gasteiger partial charge in [-0.25, -0.2) is 0 Å². The van der Waals surface area contributed by atoms with Crippen molar-refractivity contribution in [2.75, 3.05) is 20.7 Å². The Morgan fingerprint density at radius 3 is 2.57 bits per heavy atom. The van der Waals surface area contributed by atoms with Gasteiger partial charge in [0.05, 0.1) is 13.5 Å². The molecule has 2 saturated carbocycles. The first-order valence-corrected chi connectivity index (χ1v) is 10.9. The van der Waals surface area contributed by atoms with Crippen LogP contribution in [-0.2, 0) is 9.53 Å². The minimum atomic E-state index is -0.114. The van der Waals surface area contributed by atoms with Gasteiger partial charge in [0.25, 0.3) is 0 Å². The van der Waals surface area contributed by atoms with Gasteiger partial charge in [-0.15, -0.1) is 0 Å². The number of hydrogen-bond acceptors (Lipinski definition) is 4. The van der Waals surface area contributed by atoms with Gasteiger partial charge >= 0.3 is 5.97 Å². The van der Waals surface area contributed by atoms with Gasteiger partial charge in [0, 0.05) is 24.7 Å². The SMILES string of the molecule is CCC(=Cc1ccccc1)[C@@H]1C[C@H]1NC1CCC(N(C)CCC(=O)OC)CC1. The van der Waals surface area contributed by atoms with E-state index < -0.39 is 0 Å². The zero-order chi connectivity index (χ0) is 19.9. The number of ether oxygens (including phenoxy) is 1. The molecule has 3 rings (SSSR count). The lowest BCUT2D eigenvalue weighted by atomic mass is 9.90. The second kappa shape index (κ2) is 10.2. The normalized spacial score (nSPS) is 27.6. The van der Waals surface area contributed by atoms with Gasteiger partial charge in [-0.05, 0) is 57.1 Å². The molecule has 0 unspecified atom stereocenters. The number of carbonyl (C=O) groups is 1. The van der Waals surface area contributed by atoms with Crippen molar-refractivity contribution in [3.8, 4) is 0 Å². The van der Waals surface area contributed by atoms with Gasteiger partial charge in [0.1, 0.15) is 0 Å². The van der Waals surface area contributed by atoms with Crippen molar-refractivity contribution in [3.05, 3.63) is 41.5 Å². The van der Waals surface area contributed by atoms with Crippen molar-refractivity contribution in [2.24, 2.45) is 5.92 Å². The standard InChI is InChI=1S/C24H36N2O2/c1-4-19(16-18-8-6-5-7-9-18)22-17-23(22)25-20-10-12-21(13-11-20)26(2)15-14-24(27)28-3/h5-9,16,20-23,25H,4,10-15,17H2,1-3H3/t20?,21?,22-,23+/m0/s1. The van der Waals surface area contributed by atoms with Crippen LogP contribution in [0.2, 0.25) is 0 Å². The number of nitrogens with zero attached hydrogens (tertiary/aromatic N) is 1. The molecule has 1 aromatic rings. The third-order valence-corrected chi connectivity index (χ3v) is 6.49. The Balaban J connectivity index is 1.41. The number of rotatable bonds is 9. The minimum absolute atomic E-state index is 0.114. The highest BCUT2D eigenvalue weighted by Crippen LogP contribution is 2.40. The fraction of sp³-hybridized carbons (Fsp3) is 0.625. The third kappa shape index (κ3) is 5.92. The highest BCUT2D eigenvalue weighted by Gasteiger charge is 2.40. The molecule has 2 fully saturated rings. The highest BCUT2D eigenvalue weighted by atomic mass is 16.5. The molecule has 1 aromatic carbocycles. The third-order valence-electron chi connectivity index (χ3n) is 6.49. The summed E-state index contributed by atoms with van der Waals surface area (Å²) < 4.78 is 4.75. The topological polar surface area (TPSA) is 41.6 Å². The Labute approximate surface area is 170 Å². The zero-order valence-corrected chi connectivity index (χ0v) is 17.7.